The average molecular weight is 362 g/mol. The molecule has 1 heterocycles. The number of hydrogen-bond donors (Lipinski definition) is 2. The van der Waals surface area contributed by atoms with Crippen molar-refractivity contribution < 1.29 is 19.2 Å². The number of nitro groups is 1. The summed E-state index contributed by atoms with van der Waals surface area (Å²) in [6.45, 7) is -0.474. The number of hydrazone groups is 1. The van der Waals surface area contributed by atoms with E-state index in [0.717, 1.165) is 11.3 Å². The molecule has 0 fully saturated rings. The van der Waals surface area contributed by atoms with E-state index < -0.39 is 16.7 Å². The molecule has 1 aromatic heterocycles. The lowest BCUT2D eigenvalue weighted by Gasteiger charge is -2.06. The molecule has 0 saturated carbocycles. The quantitative estimate of drug-likeness (QED) is 0.416. The Morgan fingerprint density at radius 3 is 2.64 bits per heavy atom. The van der Waals surface area contributed by atoms with Crippen molar-refractivity contribution in [2.75, 3.05) is 13.2 Å². The zero-order valence-electron chi connectivity index (χ0n) is 12.9. The van der Waals surface area contributed by atoms with Gasteiger partial charge in [0.05, 0.1) is 22.6 Å². The van der Waals surface area contributed by atoms with Gasteiger partial charge in [0.2, 0.25) is 0 Å². The maximum absolute atomic E-state index is 11.6. The number of ether oxygens (including phenoxy) is 1. The third-order valence-corrected chi connectivity index (χ3v) is 3.70. The molecule has 2 aromatic rings. The molecule has 2 rings (SSSR count). The van der Waals surface area contributed by atoms with Crippen LogP contribution in [0, 0.1) is 10.1 Å². The highest BCUT2D eigenvalue weighted by molar-refractivity contribution is 7.16. The minimum absolute atomic E-state index is 0.0153. The van der Waals surface area contributed by atoms with E-state index in [1.165, 1.54) is 18.3 Å². The van der Waals surface area contributed by atoms with E-state index in [1.54, 1.807) is 24.3 Å². The van der Waals surface area contributed by atoms with E-state index in [4.69, 9.17) is 4.74 Å². The maximum atomic E-state index is 11.6. The Hall–Kier alpha value is -3.27. The Bertz CT molecular complexity index is 775. The van der Waals surface area contributed by atoms with Crippen molar-refractivity contribution in [3.63, 3.8) is 0 Å². The van der Waals surface area contributed by atoms with E-state index in [2.05, 4.69) is 15.8 Å². The summed E-state index contributed by atoms with van der Waals surface area (Å²) in [4.78, 5) is 33.7. The molecule has 130 valence electrons. The standard InChI is InChI=1S/C15H14N4O5S/c20-13(18-17-8-12-6-7-15(25-12)19(22)23)9-16-14(21)10-24-11-4-2-1-3-5-11/h1-8H,9-10H2,(H,16,21)(H,18,20)/b17-8+. The van der Waals surface area contributed by atoms with E-state index in [1.807, 2.05) is 6.07 Å². The van der Waals surface area contributed by atoms with Gasteiger partial charge in [-0.15, -0.1) is 0 Å². The lowest BCUT2D eigenvalue weighted by atomic mass is 10.3. The summed E-state index contributed by atoms with van der Waals surface area (Å²) in [5, 5.41) is 16.6. The normalized spacial score (nSPS) is 10.4. The van der Waals surface area contributed by atoms with Crippen LogP contribution >= 0.6 is 11.3 Å². The Morgan fingerprint density at radius 2 is 1.96 bits per heavy atom. The molecule has 9 nitrogen and oxygen atoms in total. The predicted molar refractivity (Wildman–Crippen MR) is 91.7 cm³/mol. The number of para-hydroxylation sites is 1. The van der Waals surface area contributed by atoms with Crippen LogP contribution in [0.15, 0.2) is 47.6 Å². The number of nitrogens with one attached hydrogen (secondary N) is 2. The summed E-state index contributed by atoms with van der Waals surface area (Å²) in [6, 6.07) is 11.7. The van der Waals surface area contributed by atoms with Gasteiger partial charge in [-0.3, -0.25) is 19.7 Å². The van der Waals surface area contributed by atoms with Crippen LogP contribution in [0.5, 0.6) is 5.75 Å². The zero-order valence-corrected chi connectivity index (χ0v) is 13.7. The summed E-state index contributed by atoms with van der Waals surface area (Å²) in [5.41, 5.74) is 2.21. The van der Waals surface area contributed by atoms with Gasteiger partial charge in [-0.25, -0.2) is 5.43 Å². The molecule has 0 saturated heterocycles. The van der Waals surface area contributed by atoms with Gasteiger partial charge in [0.1, 0.15) is 5.75 Å². The molecule has 0 spiro atoms. The van der Waals surface area contributed by atoms with Crippen LogP contribution in [0.1, 0.15) is 4.88 Å². The zero-order chi connectivity index (χ0) is 18.1. The van der Waals surface area contributed by atoms with Gasteiger partial charge in [-0.05, 0) is 18.2 Å². The van der Waals surface area contributed by atoms with Crippen molar-refractivity contribution in [2.45, 2.75) is 0 Å². The van der Waals surface area contributed by atoms with Crippen LogP contribution in [0.3, 0.4) is 0 Å². The fraction of sp³-hybridized carbons (Fsp3) is 0.133. The minimum atomic E-state index is -0.532. The monoisotopic (exact) mass is 362 g/mol. The van der Waals surface area contributed by atoms with Gasteiger partial charge in [0, 0.05) is 6.07 Å². The Labute approximate surface area is 146 Å². The largest absolute Gasteiger partial charge is 0.484 e. The Kier molecular flexibility index (Phi) is 6.60. The molecule has 2 N–H and O–H groups in total. The highest BCUT2D eigenvalue weighted by atomic mass is 32.1. The summed E-state index contributed by atoms with van der Waals surface area (Å²) >= 11 is 0.929. The first-order valence-electron chi connectivity index (χ1n) is 7.05. The van der Waals surface area contributed by atoms with Gasteiger partial charge < -0.3 is 10.1 Å². The van der Waals surface area contributed by atoms with Crippen LogP contribution in [-0.2, 0) is 9.59 Å². The maximum Gasteiger partial charge on any atom is 0.324 e. The first-order valence-corrected chi connectivity index (χ1v) is 7.87. The van der Waals surface area contributed by atoms with Gasteiger partial charge in [-0.2, -0.15) is 5.10 Å². The van der Waals surface area contributed by atoms with Crippen LogP contribution in [0.25, 0.3) is 0 Å². The van der Waals surface area contributed by atoms with Crippen LogP contribution in [0.4, 0.5) is 5.00 Å². The SMILES string of the molecule is O=C(COc1ccccc1)NCC(=O)N/N=C/c1ccc([N+](=O)[O-])s1. The van der Waals surface area contributed by atoms with E-state index in [9.17, 15) is 19.7 Å². The number of hydrogen-bond acceptors (Lipinski definition) is 7. The fourth-order valence-electron chi connectivity index (χ4n) is 1.61. The predicted octanol–water partition coefficient (Wildman–Crippen LogP) is 1.30. The van der Waals surface area contributed by atoms with Crippen molar-refractivity contribution in [3.05, 3.63) is 57.5 Å². The second-order valence-electron chi connectivity index (χ2n) is 4.60. The molecule has 25 heavy (non-hydrogen) atoms. The number of thiophene rings is 1. The molecule has 0 aliphatic carbocycles. The van der Waals surface area contributed by atoms with E-state index in [-0.39, 0.29) is 18.2 Å². The molecule has 10 heteroatoms. The van der Waals surface area contributed by atoms with Gasteiger partial charge in [0.25, 0.3) is 11.8 Å². The molecule has 0 aliphatic rings. The second kappa shape index (κ2) is 9.13. The smallest absolute Gasteiger partial charge is 0.324 e. The van der Waals surface area contributed by atoms with Crippen LogP contribution in [-0.4, -0.2) is 36.1 Å². The van der Waals surface area contributed by atoms with Crippen molar-refractivity contribution in [1.82, 2.24) is 10.7 Å². The summed E-state index contributed by atoms with van der Waals surface area (Å²) < 4.78 is 5.23. The van der Waals surface area contributed by atoms with Crippen molar-refractivity contribution in [1.29, 1.82) is 0 Å². The molecular formula is C15H14N4O5S. The molecule has 0 aliphatic heterocycles. The lowest BCUT2D eigenvalue weighted by Crippen LogP contribution is -2.37. The van der Waals surface area contributed by atoms with Crippen LogP contribution < -0.4 is 15.5 Å². The average Bonchev–Trinajstić information content (AvgIpc) is 3.08. The first-order chi connectivity index (χ1) is 12.0. The number of rotatable bonds is 8. The third kappa shape index (κ3) is 6.39. The first kappa shape index (κ1) is 18.1. The van der Waals surface area contributed by atoms with E-state index in [0.29, 0.717) is 10.6 Å². The fourth-order valence-corrected chi connectivity index (χ4v) is 2.31. The Morgan fingerprint density at radius 1 is 1.20 bits per heavy atom. The van der Waals surface area contributed by atoms with Gasteiger partial charge in [0.15, 0.2) is 6.61 Å². The number of amides is 2. The molecule has 0 bridgehead atoms. The molecule has 0 atom stereocenters. The van der Waals surface area contributed by atoms with Crippen LogP contribution in [0.2, 0.25) is 0 Å². The third-order valence-electron chi connectivity index (χ3n) is 2.73. The van der Waals surface area contributed by atoms with Crippen molar-refractivity contribution >= 4 is 34.4 Å². The molecular weight excluding hydrogens is 348 g/mol. The molecule has 2 amide bonds. The van der Waals surface area contributed by atoms with Gasteiger partial charge in [-0.1, -0.05) is 29.5 Å². The number of nitrogens with zero attached hydrogens (tertiary/aromatic N) is 2. The molecule has 0 radical (unpaired) electrons. The number of benzene rings is 1. The Balaban J connectivity index is 1.66. The minimum Gasteiger partial charge on any atom is -0.484 e. The topological polar surface area (TPSA) is 123 Å². The number of carbonyl (C=O) groups excluding carboxylic acids is 2. The molecule has 0 unspecified atom stereocenters. The highest BCUT2D eigenvalue weighted by Crippen LogP contribution is 2.22. The van der Waals surface area contributed by atoms with E-state index >= 15 is 0 Å². The summed E-state index contributed by atoms with van der Waals surface area (Å²) in [5.74, 6) is -0.427. The summed E-state index contributed by atoms with van der Waals surface area (Å²) in [7, 11) is 0. The second-order valence-corrected chi connectivity index (χ2v) is 5.70. The van der Waals surface area contributed by atoms with Crippen molar-refractivity contribution in [3.8, 4) is 5.75 Å². The van der Waals surface area contributed by atoms with Gasteiger partial charge >= 0.3 is 5.00 Å². The highest BCUT2D eigenvalue weighted by Gasteiger charge is 2.08. The lowest BCUT2D eigenvalue weighted by molar-refractivity contribution is -0.380. The number of carbonyl (C=O) groups is 2. The summed E-state index contributed by atoms with van der Waals surface area (Å²) in [6.07, 6.45) is 1.29. The van der Waals surface area contributed by atoms with Crippen molar-refractivity contribution in [2.24, 2.45) is 5.10 Å². The molecule has 1 aromatic carbocycles.